The Labute approximate surface area is 147 Å². The van der Waals surface area contributed by atoms with Gasteiger partial charge in [0.2, 0.25) is 0 Å². The van der Waals surface area contributed by atoms with Gasteiger partial charge < -0.3 is 14.5 Å². The number of carbonyl (C=O) groups is 2. The minimum Gasteiger partial charge on any atom is -0.461 e. The number of aromatic nitrogens is 1. The maximum Gasteiger partial charge on any atom is 0.356 e. The first-order valence-electron chi connectivity index (χ1n) is 8.42. The van der Waals surface area contributed by atoms with E-state index in [9.17, 15) is 9.59 Å². The van der Waals surface area contributed by atoms with Gasteiger partial charge >= 0.3 is 5.97 Å². The number of esters is 1. The SMILES string of the molecule is CCOC(=O)c1cccc(C(=O)N2CCN(c3ccccc3)CC2)n1. The third-order valence-corrected chi connectivity index (χ3v) is 4.14. The van der Waals surface area contributed by atoms with Crippen LogP contribution in [0.5, 0.6) is 0 Å². The van der Waals surface area contributed by atoms with Gasteiger partial charge in [-0.15, -0.1) is 0 Å². The molecule has 0 radical (unpaired) electrons. The Bertz CT molecular complexity index is 741. The second kappa shape index (κ2) is 7.79. The summed E-state index contributed by atoms with van der Waals surface area (Å²) < 4.78 is 4.94. The van der Waals surface area contributed by atoms with E-state index in [0.29, 0.717) is 13.1 Å². The van der Waals surface area contributed by atoms with Gasteiger partial charge in [-0.2, -0.15) is 0 Å². The highest BCUT2D eigenvalue weighted by molar-refractivity contribution is 5.94. The number of hydrogen-bond acceptors (Lipinski definition) is 5. The fraction of sp³-hybridized carbons (Fsp3) is 0.316. The third kappa shape index (κ3) is 3.96. The number of pyridine rings is 1. The molecule has 1 amide bonds. The average Bonchev–Trinajstić information content (AvgIpc) is 2.68. The number of amides is 1. The summed E-state index contributed by atoms with van der Waals surface area (Å²) in [4.78, 5) is 32.6. The zero-order chi connectivity index (χ0) is 17.6. The number of benzene rings is 1. The van der Waals surface area contributed by atoms with Crippen LogP contribution >= 0.6 is 0 Å². The van der Waals surface area contributed by atoms with Gasteiger partial charge in [-0.3, -0.25) is 4.79 Å². The van der Waals surface area contributed by atoms with Gasteiger partial charge in [0.15, 0.2) is 0 Å². The van der Waals surface area contributed by atoms with Crippen molar-refractivity contribution in [1.29, 1.82) is 0 Å². The number of nitrogens with zero attached hydrogens (tertiary/aromatic N) is 3. The van der Waals surface area contributed by atoms with Gasteiger partial charge in [-0.25, -0.2) is 9.78 Å². The van der Waals surface area contributed by atoms with E-state index in [0.717, 1.165) is 18.8 Å². The molecule has 0 unspecified atom stereocenters. The second-order valence-corrected chi connectivity index (χ2v) is 5.74. The molecule has 6 heteroatoms. The lowest BCUT2D eigenvalue weighted by atomic mass is 10.2. The average molecular weight is 339 g/mol. The molecule has 1 aromatic heterocycles. The molecule has 0 saturated carbocycles. The van der Waals surface area contributed by atoms with E-state index in [-0.39, 0.29) is 23.9 Å². The van der Waals surface area contributed by atoms with Crippen LogP contribution in [0.4, 0.5) is 5.69 Å². The largest absolute Gasteiger partial charge is 0.461 e. The minimum absolute atomic E-state index is 0.154. The van der Waals surface area contributed by atoms with Crippen LogP contribution in [0.3, 0.4) is 0 Å². The number of carbonyl (C=O) groups excluding carboxylic acids is 2. The van der Waals surface area contributed by atoms with E-state index >= 15 is 0 Å². The molecule has 0 aliphatic carbocycles. The van der Waals surface area contributed by atoms with Crippen LogP contribution in [0.25, 0.3) is 0 Å². The van der Waals surface area contributed by atoms with Crippen molar-refractivity contribution in [3.8, 4) is 0 Å². The highest BCUT2D eigenvalue weighted by Gasteiger charge is 2.23. The van der Waals surface area contributed by atoms with Crippen molar-refractivity contribution in [2.24, 2.45) is 0 Å². The highest BCUT2D eigenvalue weighted by atomic mass is 16.5. The second-order valence-electron chi connectivity index (χ2n) is 5.74. The van der Waals surface area contributed by atoms with E-state index in [2.05, 4.69) is 22.0 Å². The molecule has 1 aliphatic rings. The van der Waals surface area contributed by atoms with Gasteiger partial charge in [0.05, 0.1) is 6.61 Å². The minimum atomic E-state index is -0.508. The Morgan fingerprint density at radius 1 is 0.960 bits per heavy atom. The molecular formula is C19H21N3O3. The normalized spacial score (nSPS) is 14.3. The van der Waals surface area contributed by atoms with Crippen molar-refractivity contribution in [2.45, 2.75) is 6.92 Å². The fourth-order valence-corrected chi connectivity index (χ4v) is 2.84. The Balaban J connectivity index is 1.65. The predicted octanol–water partition coefficient (Wildman–Crippen LogP) is 2.22. The highest BCUT2D eigenvalue weighted by Crippen LogP contribution is 2.16. The van der Waals surface area contributed by atoms with Crippen LogP contribution in [0.1, 0.15) is 27.9 Å². The summed E-state index contributed by atoms with van der Waals surface area (Å²) in [6.45, 7) is 4.80. The molecule has 0 atom stereocenters. The number of anilines is 1. The predicted molar refractivity (Wildman–Crippen MR) is 94.8 cm³/mol. The van der Waals surface area contributed by atoms with Crippen LogP contribution in [0.15, 0.2) is 48.5 Å². The smallest absolute Gasteiger partial charge is 0.356 e. The molecule has 1 fully saturated rings. The summed E-state index contributed by atoms with van der Waals surface area (Å²) in [6, 6.07) is 15.0. The molecule has 130 valence electrons. The van der Waals surface area contributed by atoms with Crippen molar-refractivity contribution < 1.29 is 14.3 Å². The summed E-state index contributed by atoms with van der Waals surface area (Å²) in [5, 5.41) is 0. The molecule has 25 heavy (non-hydrogen) atoms. The first-order valence-corrected chi connectivity index (χ1v) is 8.42. The zero-order valence-corrected chi connectivity index (χ0v) is 14.2. The van der Waals surface area contributed by atoms with Crippen LogP contribution in [0, 0.1) is 0 Å². The van der Waals surface area contributed by atoms with Crippen molar-refractivity contribution in [3.05, 3.63) is 59.9 Å². The number of rotatable bonds is 4. The number of piperazine rings is 1. The fourth-order valence-electron chi connectivity index (χ4n) is 2.84. The van der Waals surface area contributed by atoms with Crippen LogP contribution in [-0.2, 0) is 4.74 Å². The number of hydrogen-bond donors (Lipinski definition) is 0. The van der Waals surface area contributed by atoms with Crippen LogP contribution in [0.2, 0.25) is 0 Å². The molecule has 6 nitrogen and oxygen atoms in total. The maximum absolute atomic E-state index is 12.7. The molecule has 0 bridgehead atoms. The maximum atomic E-state index is 12.7. The summed E-state index contributed by atoms with van der Waals surface area (Å²) in [7, 11) is 0. The van der Waals surface area contributed by atoms with Gasteiger partial charge in [-0.05, 0) is 31.2 Å². The van der Waals surface area contributed by atoms with Crippen molar-refractivity contribution in [2.75, 3.05) is 37.7 Å². The first kappa shape index (κ1) is 17.0. The summed E-state index contributed by atoms with van der Waals surface area (Å²) in [5.41, 5.74) is 1.60. The lowest BCUT2D eigenvalue weighted by Crippen LogP contribution is -2.49. The first-order chi connectivity index (χ1) is 12.2. The van der Waals surface area contributed by atoms with E-state index < -0.39 is 5.97 Å². The monoisotopic (exact) mass is 339 g/mol. The van der Waals surface area contributed by atoms with Crippen molar-refractivity contribution in [3.63, 3.8) is 0 Å². The quantitative estimate of drug-likeness (QED) is 0.799. The zero-order valence-electron chi connectivity index (χ0n) is 14.2. The van der Waals surface area contributed by atoms with E-state index in [4.69, 9.17) is 4.74 Å². The van der Waals surface area contributed by atoms with Gasteiger partial charge in [-0.1, -0.05) is 24.3 Å². The van der Waals surface area contributed by atoms with Crippen molar-refractivity contribution >= 4 is 17.6 Å². The molecule has 2 aromatic rings. The molecule has 0 N–H and O–H groups in total. The Morgan fingerprint density at radius 2 is 1.64 bits per heavy atom. The molecule has 1 aromatic carbocycles. The molecule has 1 aliphatic heterocycles. The lowest BCUT2D eigenvalue weighted by molar-refractivity contribution is 0.0519. The summed E-state index contributed by atoms with van der Waals surface area (Å²) >= 11 is 0. The van der Waals surface area contributed by atoms with Crippen molar-refractivity contribution in [1.82, 2.24) is 9.88 Å². The molecule has 1 saturated heterocycles. The Kier molecular flexibility index (Phi) is 5.28. The summed E-state index contributed by atoms with van der Waals surface area (Å²) in [6.07, 6.45) is 0. The van der Waals surface area contributed by atoms with Crippen LogP contribution in [-0.4, -0.2) is 54.5 Å². The van der Waals surface area contributed by atoms with E-state index in [1.54, 1.807) is 30.0 Å². The molecule has 3 rings (SSSR count). The van der Waals surface area contributed by atoms with Gasteiger partial charge in [0.1, 0.15) is 11.4 Å². The molecular weight excluding hydrogens is 318 g/mol. The Morgan fingerprint density at radius 3 is 2.32 bits per heavy atom. The lowest BCUT2D eigenvalue weighted by Gasteiger charge is -2.36. The Hall–Kier alpha value is -2.89. The third-order valence-electron chi connectivity index (χ3n) is 4.14. The van der Waals surface area contributed by atoms with Gasteiger partial charge in [0.25, 0.3) is 5.91 Å². The standard InChI is InChI=1S/C19H21N3O3/c1-2-25-19(24)17-10-6-9-16(20-17)18(23)22-13-11-21(12-14-22)15-7-4-3-5-8-15/h3-10H,2,11-14H2,1H3. The van der Waals surface area contributed by atoms with E-state index in [1.165, 1.54) is 0 Å². The van der Waals surface area contributed by atoms with Gasteiger partial charge in [0, 0.05) is 31.9 Å². The van der Waals surface area contributed by atoms with Crippen LogP contribution < -0.4 is 4.90 Å². The number of ether oxygens (including phenoxy) is 1. The molecule has 2 heterocycles. The number of para-hydroxylation sites is 1. The molecule has 0 spiro atoms. The van der Waals surface area contributed by atoms with E-state index in [1.807, 2.05) is 18.2 Å². The summed E-state index contributed by atoms with van der Waals surface area (Å²) in [5.74, 6) is -0.662. The topological polar surface area (TPSA) is 62.7 Å².